The van der Waals surface area contributed by atoms with E-state index in [1.807, 2.05) is 0 Å². The molecule has 3 amide bonds. The molecule has 0 aromatic carbocycles. The van der Waals surface area contributed by atoms with Crippen molar-refractivity contribution in [1.29, 1.82) is 0 Å². The first-order chi connectivity index (χ1) is 8.20. The zero-order chi connectivity index (χ0) is 12.3. The Morgan fingerprint density at radius 3 is 2.82 bits per heavy atom. The highest BCUT2D eigenvalue weighted by Gasteiger charge is 2.24. The molecule has 6 nitrogen and oxygen atoms in total. The van der Waals surface area contributed by atoms with Crippen molar-refractivity contribution in [2.24, 2.45) is 0 Å². The lowest BCUT2D eigenvalue weighted by atomic mass is 10.2. The zero-order valence-corrected chi connectivity index (χ0v) is 9.22. The average Bonchev–Trinajstić information content (AvgIpc) is 2.31. The summed E-state index contributed by atoms with van der Waals surface area (Å²) in [6.07, 6.45) is 2.36. The molecule has 6 heteroatoms. The Kier molecular flexibility index (Phi) is 3.34. The first-order valence-electron chi connectivity index (χ1n) is 5.38. The number of rotatable bonds is 3. The van der Waals surface area contributed by atoms with E-state index in [0.29, 0.717) is 25.1 Å². The molecule has 1 saturated heterocycles. The molecule has 0 unspecified atom stereocenters. The summed E-state index contributed by atoms with van der Waals surface area (Å²) in [5.74, 6) is -0.254. The Hall–Kier alpha value is -1.95. The highest BCUT2D eigenvalue weighted by Crippen LogP contribution is 2.16. The van der Waals surface area contributed by atoms with E-state index in [2.05, 4.69) is 10.3 Å². The number of urea groups is 1. The molecular weight excluding hydrogens is 222 g/mol. The molecular formula is C11H13N3O3. The molecule has 1 aromatic rings. The summed E-state index contributed by atoms with van der Waals surface area (Å²) in [7, 11) is 0. The molecule has 17 heavy (non-hydrogen) atoms. The number of hydrogen-bond acceptors (Lipinski definition) is 4. The lowest BCUT2D eigenvalue weighted by molar-refractivity contribution is -0.120. The molecule has 2 heterocycles. The quantitative estimate of drug-likeness (QED) is 0.776. The van der Waals surface area contributed by atoms with E-state index in [4.69, 9.17) is 5.11 Å². The minimum atomic E-state index is -0.419. The van der Waals surface area contributed by atoms with Crippen molar-refractivity contribution in [2.75, 3.05) is 18.1 Å². The van der Waals surface area contributed by atoms with E-state index >= 15 is 0 Å². The lowest BCUT2D eigenvalue weighted by Crippen LogP contribution is -2.49. The van der Waals surface area contributed by atoms with Gasteiger partial charge >= 0.3 is 6.03 Å². The maximum absolute atomic E-state index is 11.5. The second kappa shape index (κ2) is 4.92. The highest BCUT2D eigenvalue weighted by molar-refractivity contribution is 6.05. The Morgan fingerprint density at radius 1 is 1.41 bits per heavy atom. The molecule has 1 aliphatic rings. The fraction of sp³-hybridized carbons (Fsp3) is 0.364. The van der Waals surface area contributed by atoms with Gasteiger partial charge in [-0.3, -0.25) is 20.0 Å². The van der Waals surface area contributed by atoms with Crippen LogP contribution >= 0.6 is 0 Å². The Labute approximate surface area is 98.3 Å². The van der Waals surface area contributed by atoms with Gasteiger partial charge in [-0.05, 0) is 12.1 Å². The van der Waals surface area contributed by atoms with Gasteiger partial charge in [-0.1, -0.05) is 0 Å². The van der Waals surface area contributed by atoms with Gasteiger partial charge in [0.1, 0.15) is 0 Å². The van der Waals surface area contributed by atoms with Crippen molar-refractivity contribution < 1.29 is 14.7 Å². The predicted molar refractivity (Wildman–Crippen MR) is 60.5 cm³/mol. The molecule has 0 saturated carbocycles. The molecule has 1 aliphatic heterocycles. The fourth-order valence-electron chi connectivity index (χ4n) is 1.65. The summed E-state index contributed by atoms with van der Waals surface area (Å²) >= 11 is 0. The number of nitrogens with zero attached hydrogens (tertiary/aromatic N) is 2. The van der Waals surface area contributed by atoms with Crippen molar-refractivity contribution >= 4 is 17.6 Å². The highest BCUT2D eigenvalue weighted by atomic mass is 16.3. The fourth-order valence-corrected chi connectivity index (χ4v) is 1.65. The summed E-state index contributed by atoms with van der Waals surface area (Å²) in [5.41, 5.74) is 1.42. The van der Waals surface area contributed by atoms with Crippen LogP contribution in [-0.4, -0.2) is 35.2 Å². The molecule has 2 N–H and O–H groups in total. The number of amides is 3. The summed E-state index contributed by atoms with van der Waals surface area (Å²) in [5, 5.41) is 11.0. The monoisotopic (exact) mass is 235 g/mol. The van der Waals surface area contributed by atoms with Gasteiger partial charge in [0.25, 0.3) is 0 Å². The molecule has 1 fully saturated rings. The molecule has 2 rings (SSSR count). The topological polar surface area (TPSA) is 82.5 Å². The number of nitrogens with one attached hydrogen (secondary N) is 1. The normalized spacial score (nSPS) is 15.9. The Morgan fingerprint density at radius 2 is 2.24 bits per heavy atom. The lowest BCUT2D eigenvalue weighted by Gasteiger charge is -2.26. The van der Waals surface area contributed by atoms with E-state index in [-0.39, 0.29) is 12.5 Å². The average molecular weight is 235 g/mol. The third-order valence-corrected chi connectivity index (χ3v) is 2.54. The van der Waals surface area contributed by atoms with Gasteiger partial charge in [0.2, 0.25) is 5.91 Å². The van der Waals surface area contributed by atoms with E-state index in [9.17, 15) is 9.59 Å². The number of pyridine rings is 1. The third kappa shape index (κ3) is 2.59. The third-order valence-electron chi connectivity index (χ3n) is 2.54. The van der Waals surface area contributed by atoms with Gasteiger partial charge in [-0.15, -0.1) is 0 Å². The predicted octanol–water partition coefficient (Wildman–Crippen LogP) is 0.0627. The molecule has 0 aliphatic carbocycles. The van der Waals surface area contributed by atoms with Crippen molar-refractivity contribution in [3.8, 4) is 0 Å². The smallest absolute Gasteiger partial charge is 0.328 e. The Bertz CT molecular complexity index is 430. The van der Waals surface area contributed by atoms with Gasteiger partial charge in [0.05, 0.1) is 11.9 Å². The van der Waals surface area contributed by atoms with Crippen LogP contribution in [0.2, 0.25) is 0 Å². The number of aliphatic hydroxyl groups excluding tert-OH is 1. The summed E-state index contributed by atoms with van der Waals surface area (Å²) in [4.78, 5) is 28.1. The van der Waals surface area contributed by atoms with Crippen LogP contribution < -0.4 is 10.2 Å². The number of imide groups is 1. The minimum absolute atomic E-state index is 0.0467. The van der Waals surface area contributed by atoms with Crippen LogP contribution in [0.15, 0.2) is 18.3 Å². The minimum Gasteiger partial charge on any atom is -0.396 e. The van der Waals surface area contributed by atoms with Crippen LogP contribution in [0.25, 0.3) is 0 Å². The number of hydrogen-bond donors (Lipinski definition) is 2. The maximum Gasteiger partial charge on any atom is 0.328 e. The van der Waals surface area contributed by atoms with Crippen molar-refractivity contribution in [3.63, 3.8) is 0 Å². The first kappa shape index (κ1) is 11.5. The van der Waals surface area contributed by atoms with Gasteiger partial charge < -0.3 is 5.11 Å². The zero-order valence-electron chi connectivity index (χ0n) is 9.22. The van der Waals surface area contributed by atoms with E-state index in [0.717, 1.165) is 5.69 Å². The van der Waals surface area contributed by atoms with E-state index < -0.39 is 6.03 Å². The largest absolute Gasteiger partial charge is 0.396 e. The second-order valence-electron chi connectivity index (χ2n) is 3.74. The SMILES string of the molecule is O=C1CCN(c2ccc(CCO)nc2)C(=O)N1. The molecule has 0 spiro atoms. The number of carbonyl (C=O) groups is 2. The molecule has 0 atom stereocenters. The first-order valence-corrected chi connectivity index (χ1v) is 5.38. The molecule has 0 radical (unpaired) electrons. The maximum atomic E-state index is 11.5. The Balaban J connectivity index is 2.11. The van der Waals surface area contributed by atoms with Crippen LogP contribution in [-0.2, 0) is 11.2 Å². The van der Waals surface area contributed by atoms with Gasteiger partial charge in [0.15, 0.2) is 0 Å². The van der Waals surface area contributed by atoms with E-state index in [1.165, 1.54) is 4.90 Å². The summed E-state index contributed by atoms with van der Waals surface area (Å²) in [6, 6.07) is 3.10. The number of aliphatic hydroxyl groups is 1. The number of anilines is 1. The van der Waals surface area contributed by atoms with Crippen molar-refractivity contribution in [3.05, 3.63) is 24.0 Å². The van der Waals surface area contributed by atoms with E-state index in [1.54, 1.807) is 18.3 Å². The van der Waals surface area contributed by atoms with Crippen LogP contribution in [0.5, 0.6) is 0 Å². The van der Waals surface area contributed by atoms with Gasteiger partial charge in [0, 0.05) is 31.7 Å². The number of carbonyl (C=O) groups excluding carboxylic acids is 2. The summed E-state index contributed by atoms with van der Waals surface area (Å²) < 4.78 is 0. The van der Waals surface area contributed by atoms with Gasteiger partial charge in [-0.25, -0.2) is 4.79 Å². The van der Waals surface area contributed by atoms with Crippen LogP contribution in [0.4, 0.5) is 10.5 Å². The van der Waals surface area contributed by atoms with Crippen molar-refractivity contribution in [2.45, 2.75) is 12.8 Å². The van der Waals surface area contributed by atoms with Crippen LogP contribution in [0, 0.1) is 0 Å². The van der Waals surface area contributed by atoms with Crippen molar-refractivity contribution in [1.82, 2.24) is 10.3 Å². The van der Waals surface area contributed by atoms with Crippen LogP contribution in [0.3, 0.4) is 0 Å². The standard InChI is InChI=1S/C11H13N3O3/c15-6-4-8-1-2-9(7-12-8)14-5-3-10(16)13-11(14)17/h1-2,7,15H,3-6H2,(H,13,16,17). The summed E-state index contributed by atoms with van der Waals surface area (Å²) in [6.45, 7) is 0.413. The number of aromatic nitrogens is 1. The van der Waals surface area contributed by atoms with Crippen LogP contribution in [0.1, 0.15) is 12.1 Å². The second-order valence-corrected chi connectivity index (χ2v) is 3.74. The molecule has 90 valence electrons. The van der Waals surface area contributed by atoms with Gasteiger partial charge in [-0.2, -0.15) is 0 Å². The molecule has 1 aromatic heterocycles. The molecule has 0 bridgehead atoms.